The summed E-state index contributed by atoms with van der Waals surface area (Å²) in [5.74, 6) is -0.948. The van der Waals surface area contributed by atoms with Crippen LogP contribution in [0.25, 0.3) is 0 Å². The first-order valence-corrected chi connectivity index (χ1v) is 7.02. The molecule has 1 aliphatic heterocycles. The highest BCUT2D eigenvalue weighted by Crippen LogP contribution is 2.28. The van der Waals surface area contributed by atoms with Gasteiger partial charge in [-0.15, -0.1) is 0 Å². The van der Waals surface area contributed by atoms with Gasteiger partial charge in [-0.3, -0.25) is 9.59 Å². The number of carbonyl (C=O) groups is 2. The number of aliphatic carboxylic acids is 1. The third-order valence-corrected chi connectivity index (χ3v) is 3.63. The summed E-state index contributed by atoms with van der Waals surface area (Å²) >= 11 is 0. The first kappa shape index (κ1) is 14.1. The van der Waals surface area contributed by atoms with Gasteiger partial charge in [0, 0.05) is 12.2 Å². The van der Waals surface area contributed by atoms with Crippen LogP contribution in [0.1, 0.15) is 6.42 Å². The molecule has 112 valence electrons. The largest absolute Gasteiger partial charge is 0.481 e. The van der Waals surface area contributed by atoms with Gasteiger partial charge in [-0.1, -0.05) is 18.2 Å². The Hall–Kier alpha value is -2.82. The van der Waals surface area contributed by atoms with E-state index < -0.39 is 11.9 Å². The van der Waals surface area contributed by atoms with Crippen LogP contribution in [0.2, 0.25) is 0 Å². The highest BCUT2D eigenvalue weighted by molar-refractivity contribution is 6.07. The molecule has 1 N–H and O–H groups in total. The number of amides is 1. The zero-order valence-corrected chi connectivity index (χ0v) is 11.8. The van der Waals surface area contributed by atoms with E-state index in [1.165, 1.54) is 4.90 Å². The molecule has 0 unspecified atom stereocenters. The Bertz CT molecular complexity index is 682. The van der Waals surface area contributed by atoms with Gasteiger partial charge >= 0.3 is 5.97 Å². The number of carboxylic acid groups (broad SMARTS) is 1. The van der Waals surface area contributed by atoms with Gasteiger partial charge in [-0.05, 0) is 42.8 Å². The third-order valence-electron chi connectivity index (χ3n) is 3.63. The van der Waals surface area contributed by atoms with Gasteiger partial charge in [0.2, 0.25) is 5.91 Å². The van der Waals surface area contributed by atoms with E-state index in [0.717, 1.165) is 5.75 Å². The van der Waals surface area contributed by atoms with E-state index in [2.05, 4.69) is 0 Å². The first-order valence-electron chi connectivity index (χ1n) is 7.02. The van der Waals surface area contributed by atoms with E-state index in [1.807, 2.05) is 30.3 Å². The average Bonchev–Trinajstić information content (AvgIpc) is 2.91. The number of anilines is 1. The number of benzene rings is 2. The van der Waals surface area contributed by atoms with Crippen LogP contribution in [0.15, 0.2) is 54.6 Å². The van der Waals surface area contributed by atoms with Crippen LogP contribution < -0.4 is 9.64 Å². The topological polar surface area (TPSA) is 66.8 Å². The Morgan fingerprint density at radius 3 is 2.27 bits per heavy atom. The van der Waals surface area contributed by atoms with Crippen molar-refractivity contribution >= 4 is 17.6 Å². The summed E-state index contributed by atoms with van der Waals surface area (Å²) in [5, 5.41) is 8.99. The van der Waals surface area contributed by atoms with Crippen LogP contribution in [0, 0.1) is 5.92 Å². The van der Waals surface area contributed by atoms with E-state index in [0.29, 0.717) is 24.4 Å². The predicted octanol–water partition coefficient (Wildman–Crippen LogP) is 2.92. The van der Waals surface area contributed by atoms with Crippen molar-refractivity contribution in [3.8, 4) is 11.5 Å². The smallest absolute Gasteiger partial charge is 0.316 e. The number of carbonyl (C=O) groups excluding carboxylic acids is 1. The zero-order valence-electron chi connectivity index (χ0n) is 11.8. The lowest BCUT2D eigenvalue weighted by molar-refractivity contribution is -0.144. The lowest BCUT2D eigenvalue weighted by Gasteiger charge is -2.16. The van der Waals surface area contributed by atoms with Crippen molar-refractivity contribution in [2.24, 2.45) is 5.92 Å². The fourth-order valence-electron chi connectivity index (χ4n) is 2.48. The van der Waals surface area contributed by atoms with Gasteiger partial charge in [0.1, 0.15) is 17.4 Å². The fraction of sp³-hybridized carbons (Fsp3) is 0.176. The predicted molar refractivity (Wildman–Crippen MR) is 81.1 cm³/mol. The van der Waals surface area contributed by atoms with Crippen LogP contribution in [0.4, 0.5) is 5.69 Å². The molecule has 1 fully saturated rings. The molecule has 0 bridgehead atoms. The fourth-order valence-corrected chi connectivity index (χ4v) is 2.48. The summed E-state index contributed by atoms with van der Waals surface area (Å²) in [6.45, 7) is 0.425. The van der Waals surface area contributed by atoms with Gasteiger partial charge in [0.05, 0.1) is 0 Å². The summed E-state index contributed by atoms with van der Waals surface area (Å²) in [4.78, 5) is 24.5. The van der Waals surface area contributed by atoms with Crippen LogP contribution >= 0.6 is 0 Å². The molecule has 5 heteroatoms. The minimum atomic E-state index is -1.06. The molecule has 0 saturated carbocycles. The number of hydrogen-bond acceptors (Lipinski definition) is 3. The maximum atomic E-state index is 12.0. The average molecular weight is 297 g/mol. The van der Waals surface area contributed by atoms with Crippen LogP contribution in [-0.4, -0.2) is 23.5 Å². The third kappa shape index (κ3) is 2.79. The summed E-state index contributed by atoms with van der Waals surface area (Å²) in [7, 11) is 0. The summed E-state index contributed by atoms with van der Waals surface area (Å²) in [5.41, 5.74) is 0.689. The normalized spacial score (nSPS) is 17.5. The summed E-state index contributed by atoms with van der Waals surface area (Å²) in [6.07, 6.45) is 0.344. The highest BCUT2D eigenvalue weighted by atomic mass is 16.5. The van der Waals surface area contributed by atoms with Gasteiger partial charge in [-0.25, -0.2) is 0 Å². The molecule has 0 aliphatic carbocycles. The number of para-hydroxylation sites is 1. The van der Waals surface area contributed by atoms with Crippen LogP contribution in [0.5, 0.6) is 11.5 Å². The Balaban J connectivity index is 1.72. The molecular weight excluding hydrogens is 282 g/mol. The Morgan fingerprint density at radius 2 is 1.68 bits per heavy atom. The molecule has 2 aromatic carbocycles. The molecule has 1 heterocycles. The second kappa shape index (κ2) is 5.89. The molecule has 0 aromatic heterocycles. The summed E-state index contributed by atoms with van der Waals surface area (Å²) in [6, 6.07) is 16.5. The van der Waals surface area contributed by atoms with Crippen molar-refractivity contribution in [2.45, 2.75) is 6.42 Å². The Kier molecular flexibility index (Phi) is 3.78. The molecule has 1 aliphatic rings. The molecule has 5 nitrogen and oxygen atoms in total. The number of carboxylic acids is 1. The molecule has 3 rings (SSSR count). The minimum Gasteiger partial charge on any atom is -0.481 e. The van der Waals surface area contributed by atoms with Crippen molar-refractivity contribution in [1.82, 2.24) is 0 Å². The summed E-state index contributed by atoms with van der Waals surface area (Å²) < 4.78 is 5.68. The lowest BCUT2D eigenvalue weighted by atomic mass is 10.1. The van der Waals surface area contributed by atoms with Crippen LogP contribution in [-0.2, 0) is 9.59 Å². The van der Waals surface area contributed by atoms with Crippen molar-refractivity contribution in [3.05, 3.63) is 54.6 Å². The van der Waals surface area contributed by atoms with Crippen molar-refractivity contribution < 1.29 is 19.4 Å². The molecule has 0 radical (unpaired) electrons. The second-order valence-corrected chi connectivity index (χ2v) is 5.08. The highest BCUT2D eigenvalue weighted by Gasteiger charge is 2.37. The van der Waals surface area contributed by atoms with Gasteiger partial charge in [0.25, 0.3) is 0 Å². The lowest BCUT2D eigenvalue weighted by Crippen LogP contribution is -2.29. The zero-order chi connectivity index (χ0) is 15.5. The van der Waals surface area contributed by atoms with Gasteiger partial charge < -0.3 is 14.7 Å². The van der Waals surface area contributed by atoms with E-state index in [1.54, 1.807) is 24.3 Å². The number of rotatable bonds is 4. The second-order valence-electron chi connectivity index (χ2n) is 5.08. The number of ether oxygens (including phenoxy) is 1. The van der Waals surface area contributed by atoms with Crippen molar-refractivity contribution in [2.75, 3.05) is 11.4 Å². The van der Waals surface area contributed by atoms with Crippen LogP contribution in [0.3, 0.4) is 0 Å². The maximum absolute atomic E-state index is 12.0. The molecule has 1 amide bonds. The van der Waals surface area contributed by atoms with E-state index in [-0.39, 0.29) is 5.91 Å². The monoisotopic (exact) mass is 297 g/mol. The van der Waals surface area contributed by atoms with E-state index in [9.17, 15) is 9.59 Å². The van der Waals surface area contributed by atoms with Crippen molar-refractivity contribution in [1.29, 1.82) is 0 Å². The van der Waals surface area contributed by atoms with Gasteiger partial charge in [0.15, 0.2) is 0 Å². The SMILES string of the molecule is O=C(O)[C@@H]1CCN(c2ccc(Oc3ccccc3)cc2)C1=O. The first-order chi connectivity index (χ1) is 10.6. The molecule has 0 spiro atoms. The van der Waals surface area contributed by atoms with E-state index in [4.69, 9.17) is 9.84 Å². The van der Waals surface area contributed by atoms with Gasteiger partial charge in [-0.2, -0.15) is 0 Å². The molecule has 1 saturated heterocycles. The number of hydrogen-bond donors (Lipinski definition) is 1. The maximum Gasteiger partial charge on any atom is 0.316 e. The van der Waals surface area contributed by atoms with Crippen molar-refractivity contribution in [3.63, 3.8) is 0 Å². The standard InChI is InChI=1S/C17H15NO4/c19-16-15(17(20)21)10-11-18(16)12-6-8-14(9-7-12)22-13-4-2-1-3-5-13/h1-9,15H,10-11H2,(H,20,21)/t15-/m1/s1. The Labute approximate surface area is 127 Å². The molecule has 2 aromatic rings. The quantitative estimate of drug-likeness (QED) is 0.881. The molecular formula is C17H15NO4. The van der Waals surface area contributed by atoms with E-state index >= 15 is 0 Å². The number of nitrogens with zero attached hydrogens (tertiary/aromatic N) is 1. The molecule has 22 heavy (non-hydrogen) atoms. The Morgan fingerprint density at radius 1 is 1.05 bits per heavy atom. The molecule has 1 atom stereocenters. The minimum absolute atomic E-state index is 0.344.